The smallest absolute Gasteiger partial charge is 0.251 e. The third kappa shape index (κ3) is 5.33. The quantitative estimate of drug-likeness (QED) is 0.786. The van der Waals surface area contributed by atoms with Gasteiger partial charge < -0.3 is 10.2 Å². The summed E-state index contributed by atoms with van der Waals surface area (Å²) in [5, 5.41) is 7.01. The summed E-state index contributed by atoms with van der Waals surface area (Å²) in [4.78, 5) is 14.3. The first-order chi connectivity index (χ1) is 11.3. The van der Waals surface area contributed by atoms with E-state index in [4.69, 9.17) is 0 Å². The van der Waals surface area contributed by atoms with Crippen LogP contribution in [0.2, 0.25) is 0 Å². The SMILES string of the molecule is CN(C)[C@@H](CNC(=O)c1ccc(NS(C)(=O)=O)cc1)c1ccsc1. The molecule has 1 aromatic heterocycles. The van der Waals surface area contributed by atoms with E-state index in [-0.39, 0.29) is 11.9 Å². The number of benzene rings is 1. The Hall–Kier alpha value is -1.90. The summed E-state index contributed by atoms with van der Waals surface area (Å²) in [6.45, 7) is 0.492. The molecule has 1 atom stereocenters. The number of anilines is 1. The summed E-state index contributed by atoms with van der Waals surface area (Å²) in [7, 11) is 0.623. The van der Waals surface area contributed by atoms with Crippen LogP contribution in [0.25, 0.3) is 0 Å². The number of carbonyl (C=O) groups excluding carboxylic acids is 1. The lowest BCUT2D eigenvalue weighted by Crippen LogP contribution is -2.34. The van der Waals surface area contributed by atoms with E-state index >= 15 is 0 Å². The number of nitrogens with one attached hydrogen (secondary N) is 2. The number of thiophene rings is 1. The Labute approximate surface area is 146 Å². The molecule has 6 nitrogen and oxygen atoms in total. The molecule has 0 bridgehead atoms. The van der Waals surface area contributed by atoms with Gasteiger partial charge in [0.05, 0.1) is 12.3 Å². The monoisotopic (exact) mass is 367 g/mol. The lowest BCUT2D eigenvalue weighted by Gasteiger charge is -2.24. The second-order valence-electron chi connectivity index (χ2n) is 5.70. The summed E-state index contributed by atoms with van der Waals surface area (Å²) in [5.74, 6) is -0.192. The topological polar surface area (TPSA) is 78.5 Å². The van der Waals surface area contributed by atoms with Crippen molar-refractivity contribution in [2.45, 2.75) is 6.04 Å². The molecule has 2 N–H and O–H groups in total. The third-order valence-electron chi connectivity index (χ3n) is 3.46. The van der Waals surface area contributed by atoms with Gasteiger partial charge in [-0.25, -0.2) is 8.42 Å². The second-order valence-corrected chi connectivity index (χ2v) is 8.23. The Kier molecular flexibility index (Phi) is 5.98. The lowest BCUT2D eigenvalue weighted by atomic mass is 10.1. The molecule has 0 saturated carbocycles. The van der Waals surface area contributed by atoms with Gasteiger partial charge in [-0.3, -0.25) is 9.52 Å². The minimum absolute atomic E-state index is 0.103. The molecule has 0 aliphatic carbocycles. The molecular formula is C16H21N3O3S2. The van der Waals surface area contributed by atoms with Crippen molar-refractivity contribution in [3.05, 3.63) is 52.2 Å². The molecule has 1 aromatic carbocycles. The Morgan fingerprint density at radius 1 is 1.21 bits per heavy atom. The van der Waals surface area contributed by atoms with Crippen molar-refractivity contribution in [2.24, 2.45) is 0 Å². The highest BCUT2D eigenvalue weighted by atomic mass is 32.2. The summed E-state index contributed by atoms with van der Waals surface area (Å²) in [5.41, 5.74) is 2.08. The fraction of sp³-hybridized carbons (Fsp3) is 0.312. The maximum atomic E-state index is 12.3. The molecule has 0 aliphatic heterocycles. The van der Waals surface area contributed by atoms with Gasteiger partial charge in [0, 0.05) is 17.8 Å². The zero-order valence-electron chi connectivity index (χ0n) is 13.8. The summed E-state index contributed by atoms with van der Waals surface area (Å²) >= 11 is 1.63. The van der Waals surface area contributed by atoms with Crippen molar-refractivity contribution in [1.29, 1.82) is 0 Å². The van der Waals surface area contributed by atoms with Crippen molar-refractivity contribution in [3.63, 3.8) is 0 Å². The minimum Gasteiger partial charge on any atom is -0.350 e. The highest BCUT2D eigenvalue weighted by molar-refractivity contribution is 7.92. The van der Waals surface area contributed by atoms with Crippen LogP contribution < -0.4 is 10.0 Å². The van der Waals surface area contributed by atoms with Gasteiger partial charge in [-0.05, 0) is 60.8 Å². The number of carbonyl (C=O) groups is 1. The Bertz CT molecular complexity index is 769. The van der Waals surface area contributed by atoms with Crippen LogP contribution in [0.15, 0.2) is 41.1 Å². The van der Waals surface area contributed by atoms with Crippen LogP contribution in [0.3, 0.4) is 0 Å². The zero-order valence-corrected chi connectivity index (χ0v) is 15.4. The van der Waals surface area contributed by atoms with Crippen molar-refractivity contribution >= 4 is 33.0 Å². The lowest BCUT2D eigenvalue weighted by molar-refractivity contribution is 0.0942. The average molecular weight is 367 g/mol. The standard InChI is InChI=1S/C16H21N3O3S2/c1-19(2)15(13-8-9-23-11-13)10-17-16(20)12-4-6-14(7-5-12)18-24(3,21)22/h4-9,11,15,18H,10H2,1-3H3,(H,17,20)/t15-/m0/s1. The first-order valence-corrected chi connectivity index (χ1v) is 10.1. The van der Waals surface area contributed by atoms with Crippen molar-refractivity contribution in [1.82, 2.24) is 10.2 Å². The molecule has 0 fully saturated rings. The maximum absolute atomic E-state index is 12.3. The maximum Gasteiger partial charge on any atom is 0.251 e. The number of nitrogens with zero attached hydrogens (tertiary/aromatic N) is 1. The normalized spacial score (nSPS) is 12.8. The molecule has 8 heteroatoms. The minimum atomic E-state index is -3.32. The fourth-order valence-corrected chi connectivity index (χ4v) is 3.53. The van der Waals surface area contributed by atoms with E-state index in [2.05, 4.69) is 20.3 Å². The van der Waals surface area contributed by atoms with Gasteiger partial charge >= 0.3 is 0 Å². The highest BCUT2D eigenvalue weighted by Crippen LogP contribution is 2.20. The molecule has 24 heavy (non-hydrogen) atoms. The van der Waals surface area contributed by atoms with Crippen LogP contribution in [0.4, 0.5) is 5.69 Å². The predicted molar refractivity (Wildman–Crippen MR) is 98.0 cm³/mol. The zero-order chi connectivity index (χ0) is 17.7. The van der Waals surface area contributed by atoms with Gasteiger partial charge in [-0.15, -0.1) is 0 Å². The number of hydrogen-bond acceptors (Lipinski definition) is 5. The van der Waals surface area contributed by atoms with E-state index in [9.17, 15) is 13.2 Å². The molecular weight excluding hydrogens is 346 g/mol. The van der Waals surface area contributed by atoms with Gasteiger partial charge in [0.2, 0.25) is 10.0 Å². The van der Waals surface area contributed by atoms with Gasteiger partial charge in [-0.2, -0.15) is 11.3 Å². The van der Waals surface area contributed by atoms with E-state index in [1.165, 1.54) is 0 Å². The van der Waals surface area contributed by atoms with Crippen LogP contribution in [0, 0.1) is 0 Å². The molecule has 0 saturated heterocycles. The molecule has 0 unspecified atom stereocenters. The Morgan fingerprint density at radius 2 is 1.88 bits per heavy atom. The Balaban J connectivity index is 1.99. The van der Waals surface area contributed by atoms with E-state index in [0.29, 0.717) is 17.8 Å². The van der Waals surface area contributed by atoms with Gasteiger partial charge in [0.1, 0.15) is 0 Å². The third-order valence-corrected chi connectivity index (χ3v) is 4.77. The van der Waals surface area contributed by atoms with Gasteiger partial charge in [0.25, 0.3) is 5.91 Å². The van der Waals surface area contributed by atoms with Crippen molar-refractivity contribution < 1.29 is 13.2 Å². The second kappa shape index (κ2) is 7.78. The summed E-state index contributed by atoms with van der Waals surface area (Å²) < 4.78 is 24.7. The van der Waals surface area contributed by atoms with Gasteiger partial charge in [-0.1, -0.05) is 0 Å². The van der Waals surface area contributed by atoms with E-state index in [1.54, 1.807) is 35.6 Å². The van der Waals surface area contributed by atoms with E-state index in [0.717, 1.165) is 11.8 Å². The van der Waals surface area contributed by atoms with Crippen LogP contribution in [0.1, 0.15) is 22.0 Å². The number of likely N-dealkylation sites (N-methyl/N-ethyl adjacent to an activating group) is 1. The van der Waals surface area contributed by atoms with Crippen molar-refractivity contribution in [3.8, 4) is 0 Å². The number of sulfonamides is 1. The largest absolute Gasteiger partial charge is 0.350 e. The molecule has 1 amide bonds. The first-order valence-electron chi connectivity index (χ1n) is 7.31. The van der Waals surface area contributed by atoms with Gasteiger partial charge in [0.15, 0.2) is 0 Å². The fourth-order valence-electron chi connectivity index (χ4n) is 2.26. The van der Waals surface area contributed by atoms with Crippen LogP contribution in [0.5, 0.6) is 0 Å². The highest BCUT2D eigenvalue weighted by Gasteiger charge is 2.16. The van der Waals surface area contributed by atoms with E-state index in [1.807, 2.05) is 25.5 Å². The molecule has 0 radical (unpaired) electrons. The molecule has 2 rings (SSSR count). The number of hydrogen-bond donors (Lipinski definition) is 2. The Morgan fingerprint density at radius 3 is 2.38 bits per heavy atom. The van der Waals surface area contributed by atoms with Crippen LogP contribution >= 0.6 is 11.3 Å². The molecule has 1 heterocycles. The van der Waals surface area contributed by atoms with E-state index < -0.39 is 10.0 Å². The van der Waals surface area contributed by atoms with Crippen LogP contribution in [-0.4, -0.2) is 46.1 Å². The number of amides is 1. The summed E-state index contributed by atoms with van der Waals surface area (Å²) in [6.07, 6.45) is 1.08. The van der Waals surface area contributed by atoms with Crippen LogP contribution in [-0.2, 0) is 10.0 Å². The molecule has 0 spiro atoms. The average Bonchev–Trinajstić information content (AvgIpc) is 3.00. The number of rotatable bonds is 7. The molecule has 2 aromatic rings. The molecule has 130 valence electrons. The molecule has 0 aliphatic rings. The van der Waals surface area contributed by atoms with Crippen molar-refractivity contribution in [2.75, 3.05) is 31.6 Å². The first kappa shape index (κ1) is 18.4. The summed E-state index contributed by atoms with van der Waals surface area (Å²) in [6, 6.07) is 8.48. The predicted octanol–water partition coefficient (Wildman–Crippen LogP) is 2.15.